The molecule has 0 spiro atoms. The van der Waals surface area contributed by atoms with Gasteiger partial charge in [-0.15, -0.1) is 0 Å². The Kier molecular flexibility index (Phi) is 28.1. The highest BCUT2D eigenvalue weighted by Gasteiger charge is 2.33. The number of benzene rings is 4. The predicted octanol–water partition coefficient (Wildman–Crippen LogP) is 17.0. The van der Waals surface area contributed by atoms with Crippen LogP contribution in [0.15, 0.2) is 232 Å². The van der Waals surface area contributed by atoms with Crippen LogP contribution in [0.2, 0.25) is 0 Å². The SMILES string of the molecule is C=C1CC(OCc2ccnc(-c3ccnc(Nc4ccc5cc(C(=O)N(C)C)n(C)c5c4)n3)c2)CN1.CCCc1ccnc(-c2ccnc(Nc3ccc4cc(C(=O)N(C)C)n(C)c4c3)n2)c1.CN(C)C(=O)c1cc2ccc(Nc3nccc(-c4cc(OC5CCC5)ccn4)n3)cc2n1C.Cc1cc(Nc2nccc(-c3ccccn3)n2)cc2cc(C(=O)N3CCC(N4CCCC4=O)CC3)[nH]c12. The third kappa shape index (κ3) is 21.9. The molecule has 1 unspecified atom stereocenters. The maximum Gasteiger partial charge on any atom is 0.270 e. The average molecular weight is 1840 g/mol. The molecule has 12 aromatic heterocycles. The van der Waals surface area contributed by atoms with Crippen LogP contribution in [0.4, 0.5) is 46.5 Å². The molecule has 0 radical (unpaired) electrons. The van der Waals surface area contributed by atoms with E-state index in [0.717, 1.165) is 188 Å². The summed E-state index contributed by atoms with van der Waals surface area (Å²) in [6.45, 7) is 11.6. The lowest BCUT2D eigenvalue weighted by atomic mass is 9.96. The van der Waals surface area contributed by atoms with Crippen LogP contribution in [0.3, 0.4) is 0 Å². The zero-order valence-electron chi connectivity index (χ0n) is 78.6. The summed E-state index contributed by atoms with van der Waals surface area (Å²) in [5.41, 5.74) is 20.0. The first kappa shape index (κ1) is 92.7. The Bertz CT molecular complexity index is 7150. The second-order valence-electron chi connectivity index (χ2n) is 35.1. The molecule has 137 heavy (non-hydrogen) atoms. The number of ether oxygens (including phenoxy) is 2. The summed E-state index contributed by atoms with van der Waals surface area (Å²) in [7, 11) is 16.2. The first-order valence-electron chi connectivity index (χ1n) is 45.9. The standard InChI is InChI=1S/C28H29N7O2.C27H29N7O2.C25H26N6O2.C24H26N6O/c1-18-15-20(31-28-30-11-7-23(33-28)22-5-2-3-10-29-22)16-19-17-24(32-26(18)19)27(37)34-13-8-21(9-14-34)35-12-4-6-25(35)36;1-17-11-21(15-30-17)36-16-18-7-9-28-23(12-18)22-8-10-29-27(32-22)31-20-6-5-19-13-25(26(35)33(2)3)34(4)24(19)14-20;1-30(2)24(32)23-13-16-7-8-17(14-22(16)31(23)3)28-25-27-12-10-20(29-25)21-15-19(9-11-26-21)33-18-5-4-6-18;1-5-6-16-9-11-25-20(13-16)19-10-12-26-24(28-19)27-18-8-7-17-14-22(23(31)29(2)3)30(4)21(17)15-18/h2-3,5,7,10-11,15-17,21,32H,4,6,8-9,12-14H2,1H3,(H,30,31,33);5-10,12-14,21,30H,1,11,15-16H2,2-4H3,(H,29,31,32);7-15,18H,4-6H2,1-3H3,(H,27,28,29);7-15H,5-6H2,1-4H3,(H,26,27,28). The minimum absolute atomic E-state index is 0.00250. The number of rotatable bonds is 24. The van der Waals surface area contributed by atoms with Crippen molar-refractivity contribution in [1.82, 2.24) is 108 Å². The van der Waals surface area contributed by atoms with Gasteiger partial charge >= 0.3 is 0 Å². The summed E-state index contributed by atoms with van der Waals surface area (Å²) in [5, 5.41) is 20.3. The second kappa shape index (κ2) is 41.5. The van der Waals surface area contributed by atoms with E-state index in [2.05, 4.69) is 111 Å². The number of aromatic nitrogens is 16. The van der Waals surface area contributed by atoms with Gasteiger partial charge in [0.05, 0.1) is 80.9 Å². The number of amides is 5. The molecule has 20 rings (SSSR count). The maximum absolute atomic E-state index is 13.3. The van der Waals surface area contributed by atoms with Crippen molar-refractivity contribution in [2.75, 3.05) is 89.7 Å². The van der Waals surface area contributed by atoms with Crippen LogP contribution >= 0.6 is 0 Å². The van der Waals surface area contributed by atoms with E-state index in [1.165, 1.54) is 12.0 Å². The Morgan fingerprint density at radius 3 is 1.38 bits per heavy atom. The third-order valence-electron chi connectivity index (χ3n) is 24.6. The molecule has 1 aliphatic carbocycles. The first-order valence-corrected chi connectivity index (χ1v) is 45.9. The van der Waals surface area contributed by atoms with E-state index in [4.69, 9.17) is 9.47 Å². The minimum atomic E-state index is -0.0373. The van der Waals surface area contributed by atoms with E-state index in [1.807, 2.05) is 222 Å². The molecule has 3 aliphatic heterocycles. The number of carbonyl (C=O) groups excluding carboxylic acids is 5. The first-order chi connectivity index (χ1) is 66.3. The highest BCUT2D eigenvalue weighted by Crippen LogP contribution is 2.35. The zero-order chi connectivity index (χ0) is 95.5. The predicted molar refractivity (Wildman–Crippen MR) is 532 cm³/mol. The van der Waals surface area contributed by atoms with Gasteiger partial charge in [-0.2, -0.15) is 0 Å². The quantitative estimate of drug-likeness (QED) is 0.0327. The van der Waals surface area contributed by atoms with E-state index in [1.54, 1.807) is 100 Å². The Labute approximate surface area is 793 Å². The molecule has 698 valence electrons. The van der Waals surface area contributed by atoms with Crippen molar-refractivity contribution < 1.29 is 33.4 Å². The number of hydrogen-bond donors (Lipinski definition) is 6. The van der Waals surface area contributed by atoms with Crippen LogP contribution in [0.5, 0.6) is 5.75 Å². The van der Waals surface area contributed by atoms with Crippen molar-refractivity contribution in [3.63, 3.8) is 0 Å². The van der Waals surface area contributed by atoms with Gasteiger partial charge in [0.2, 0.25) is 29.7 Å². The Morgan fingerprint density at radius 2 is 0.927 bits per heavy atom. The van der Waals surface area contributed by atoms with Gasteiger partial charge in [0.1, 0.15) is 28.5 Å². The van der Waals surface area contributed by atoms with Gasteiger partial charge in [-0.3, -0.25) is 43.9 Å². The van der Waals surface area contributed by atoms with Gasteiger partial charge in [0.15, 0.2) is 0 Å². The van der Waals surface area contributed by atoms with Gasteiger partial charge in [-0.25, -0.2) is 39.9 Å². The number of likely N-dealkylation sites (tertiary alicyclic amines) is 2. The number of H-pyrrole nitrogens is 1. The topological polar surface area (TPSA) is 365 Å². The van der Waals surface area contributed by atoms with Crippen LogP contribution in [0, 0.1) is 6.92 Å². The largest absolute Gasteiger partial charge is 0.490 e. The second-order valence-corrected chi connectivity index (χ2v) is 35.1. The van der Waals surface area contributed by atoms with Crippen LogP contribution in [-0.2, 0) is 43.7 Å². The highest BCUT2D eigenvalue weighted by atomic mass is 16.5. The molecule has 33 nitrogen and oxygen atoms in total. The number of piperidine rings is 1. The minimum Gasteiger partial charge on any atom is -0.490 e. The fourth-order valence-electron chi connectivity index (χ4n) is 17.1. The molecular weight excluding hydrogens is 1730 g/mol. The molecule has 33 heteroatoms. The number of fused-ring (bicyclic) bond motifs is 4. The van der Waals surface area contributed by atoms with Crippen LogP contribution < -0.4 is 31.3 Å². The molecule has 5 amide bonds. The monoisotopic (exact) mass is 1830 g/mol. The molecule has 3 saturated heterocycles. The summed E-state index contributed by atoms with van der Waals surface area (Å²) in [6.07, 6.45) is 24.0. The Balaban J connectivity index is 0.000000127. The van der Waals surface area contributed by atoms with Crippen molar-refractivity contribution in [2.24, 2.45) is 21.1 Å². The highest BCUT2D eigenvalue weighted by molar-refractivity contribution is 6.03. The van der Waals surface area contributed by atoms with Gasteiger partial charge < -0.3 is 79.2 Å². The normalized spacial score (nSPS) is 14.2. The van der Waals surface area contributed by atoms with E-state index >= 15 is 0 Å². The molecule has 1 saturated carbocycles. The van der Waals surface area contributed by atoms with Gasteiger partial charge in [-0.1, -0.05) is 44.2 Å². The number of anilines is 8. The molecule has 15 heterocycles. The Hall–Kier alpha value is -16.2. The van der Waals surface area contributed by atoms with Crippen LogP contribution in [0.1, 0.15) is 123 Å². The number of aryl methyl sites for hydroxylation is 5. The molecule has 1 atom stereocenters. The third-order valence-corrected chi connectivity index (χ3v) is 24.6. The van der Waals surface area contributed by atoms with Gasteiger partial charge in [-0.05, 0) is 208 Å². The van der Waals surface area contributed by atoms with Crippen molar-refractivity contribution in [2.45, 2.75) is 103 Å². The fourth-order valence-corrected chi connectivity index (χ4v) is 17.1. The van der Waals surface area contributed by atoms with Crippen LogP contribution in [-0.4, -0.2) is 219 Å². The van der Waals surface area contributed by atoms with E-state index in [-0.39, 0.29) is 41.7 Å². The number of hydrogen-bond acceptors (Lipinski definition) is 24. The summed E-state index contributed by atoms with van der Waals surface area (Å²) in [5.74, 6) is 2.89. The molecule has 0 bridgehead atoms. The molecule has 16 aromatic rings. The van der Waals surface area contributed by atoms with Crippen molar-refractivity contribution in [3.8, 4) is 51.3 Å². The Morgan fingerprint density at radius 1 is 0.460 bits per heavy atom. The molecular formula is C104H110N26O7. The summed E-state index contributed by atoms with van der Waals surface area (Å²) in [6, 6.07) is 54.6. The lowest BCUT2D eigenvalue weighted by Gasteiger charge is -2.36. The maximum atomic E-state index is 13.3. The number of nitrogens with zero attached hydrogens (tertiary/aromatic N) is 20. The lowest BCUT2D eigenvalue weighted by molar-refractivity contribution is -0.130. The van der Waals surface area contributed by atoms with E-state index in [0.29, 0.717) is 90.2 Å². The number of aromatic amines is 1. The number of nitrogens with one attached hydrogen (secondary N) is 6. The molecule has 4 fully saturated rings. The number of pyridine rings is 4. The van der Waals surface area contributed by atoms with Gasteiger partial charge in [0, 0.05) is 220 Å². The molecule has 4 aromatic carbocycles. The zero-order valence-corrected chi connectivity index (χ0v) is 78.6. The summed E-state index contributed by atoms with van der Waals surface area (Å²) >= 11 is 0. The van der Waals surface area contributed by atoms with Crippen molar-refractivity contribution in [1.29, 1.82) is 0 Å². The van der Waals surface area contributed by atoms with E-state index < -0.39 is 0 Å². The smallest absolute Gasteiger partial charge is 0.270 e. The van der Waals surface area contributed by atoms with Crippen molar-refractivity contribution >= 4 is 120 Å². The lowest BCUT2D eigenvalue weighted by Crippen LogP contribution is -2.47. The molecule has 6 N–H and O–H groups in total. The van der Waals surface area contributed by atoms with Crippen LogP contribution in [0.25, 0.3) is 89.2 Å². The molecule has 4 aliphatic rings. The summed E-state index contributed by atoms with van der Waals surface area (Å²) in [4.78, 5) is 129. The average Bonchev–Trinajstić information content (AvgIpc) is 1.60. The van der Waals surface area contributed by atoms with Gasteiger partial charge in [0.25, 0.3) is 23.6 Å². The summed E-state index contributed by atoms with van der Waals surface area (Å²) < 4.78 is 17.7. The van der Waals surface area contributed by atoms with E-state index in [9.17, 15) is 24.0 Å². The number of carbonyl (C=O) groups is 5. The fraction of sp³-hybridized carbons (Fsp3) is 0.279. The van der Waals surface area contributed by atoms with Crippen molar-refractivity contribution in [3.05, 3.63) is 271 Å².